The third kappa shape index (κ3) is 3.93. The minimum absolute atomic E-state index is 0.00170. The van der Waals surface area contributed by atoms with E-state index in [1.807, 2.05) is 0 Å². The van der Waals surface area contributed by atoms with Gasteiger partial charge in [0, 0.05) is 32.1 Å². The fourth-order valence-corrected chi connectivity index (χ4v) is 2.67. The van der Waals surface area contributed by atoms with E-state index >= 15 is 0 Å². The molecule has 7 heteroatoms. The molecular weight excluding hydrogens is 262 g/mol. The number of likely N-dealkylation sites (tertiary alicyclic amines) is 1. The van der Waals surface area contributed by atoms with Crippen molar-refractivity contribution in [2.75, 3.05) is 26.2 Å². The van der Waals surface area contributed by atoms with Gasteiger partial charge < -0.3 is 20.6 Å². The molecule has 0 bridgehead atoms. The summed E-state index contributed by atoms with van der Waals surface area (Å²) in [6.45, 7) is 1.86. The largest absolute Gasteiger partial charge is 0.481 e. The number of nitrogens with one attached hydrogen (secondary N) is 2. The molecule has 20 heavy (non-hydrogen) atoms. The van der Waals surface area contributed by atoms with Crippen molar-refractivity contribution in [2.24, 2.45) is 5.92 Å². The van der Waals surface area contributed by atoms with Gasteiger partial charge in [-0.15, -0.1) is 0 Å². The monoisotopic (exact) mass is 283 g/mol. The van der Waals surface area contributed by atoms with E-state index in [-0.39, 0.29) is 30.3 Å². The molecule has 0 aromatic carbocycles. The van der Waals surface area contributed by atoms with E-state index in [1.165, 1.54) is 0 Å². The summed E-state index contributed by atoms with van der Waals surface area (Å²) >= 11 is 0. The number of carbonyl (C=O) groups excluding carboxylic acids is 2. The number of carbonyl (C=O) groups is 3. The first-order chi connectivity index (χ1) is 9.56. The number of aliphatic carboxylic acids is 1. The van der Waals surface area contributed by atoms with E-state index in [9.17, 15) is 14.4 Å². The highest BCUT2D eigenvalue weighted by atomic mass is 16.4. The topological polar surface area (TPSA) is 98.7 Å². The average molecular weight is 283 g/mol. The van der Waals surface area contributed by atoms with Crippen LogP contribution in [0.3, 0.4) is 0 Å². The van der Waals surface area contributed by atoms with Crippen molar-refractivity contribution < 1.29 is 19.5 Å². The molecule has 112 valence electrons. The molecule has 3 N–H and O–H groups in total. The molecular formula is C13H21N3O4. The Labute approximate surface area is 117 Å². The van der Waals surface area contributed by atoms with Gasteiger partial charge >= 0.3 is 5.97 Å². The fraction of sp³-hybridized carbons (Fsp3) is 0.769. The maximum absolute atomic E-state index is 11.9. The van der Waals surface area contributed by atoms with Gasteiger partial charge in [-0.05, 0) is 19.3 Å². The minimum Gasteiger partial charge on any atom is -0.481 e. The van der Waals surface area contributed by atoms with Crippen molar-refractivity contribution in [3.05, 3.63) is 0 Å². The van der Waals surface area contributed by atoms with Crippen LogP contribution in [0.1, 0.15) is 25.7 Å². The van der Waals surface area contributed by atoms with Crippen LogP contribution in [0, 0.1) is 5.92 Å². The number of nitrogens with zero attached hydrogens (tertiary/aromatic N) is 1. The molecule has 0 aromatic heterocycles. The molecule has 0 saturated carbocycles. The molecule has 1 atom stereocenters. The van der Waals surface area contributed by atoms with Crippen LogP contribution in [-0.2, 0) is 14.4 Å². The quantitative estimate of drug-likeness (QED) is 0.612. The lowest BCUT2D eigenvalue weighted by Gasteiger charge is -2.30. The van der Waals surface area contributed by atoms with Gasteiger partial charge in [-0.1, -0.05) is 0 Å². The smallest absolute Gasteiger partial charge is 0.306 e. The van der Waals surface area contributed by atoms with Crippen LogP contribution in [-0.4, -0.2) is 60.0 Å². The van der Waals surface area contributed by atoms with Crippen LogP contribution in [0.25, 0.3) is 0 Å². The van der Waals surface area contributed by atoms with Gasteiger partial charge in [-0.25, -0.2) is 0 Å². The SMILES string of the molecule is O=C1CCC(CNCC(=O)N2CCC(C(=O)O)CC2)N1. The molecule has 2 aliphatic heterocycles. The number of amides is 2. The summed E-state index contributed by atoms with van der Waals surface area (Å²) < 4.78 is 0. The average Bonchev–Trinajstić information content (AvgIpc) is 2.84. The molecule has 1 unspecified atom stereocenters. The maximum atomic E-state index is 11.9. The van der Waals surface area contributed by atoms with Crippen LogP contribution in [0.2, 0.25) is 0 Å². The van der Waals surface area contributed by atoms with Crippen molar-refractivity contribution in [2.45, 2.75) is 31.7 Å². The summed E-state index contributed by atoms with van der Waals surface area (Å²) in [6, 6.07) is 0.119. The van der Waals surface area contributed by atoms with Crippen molar-refractivity contribution in [1.29, 1.82) is 0 Å². The zero-order chi connectivity index (χ0) is 14.5. The minimum atomic E-state index is -0.771. The van der Waals surface area contributed by atoms with Gasteiger partial charge in [-0.3, -0.25) is 14.4 Å². The molecule has 0 radical (unpaired) electrons. The van der Waals surface area contributed by atoms with Crippen LogP contribution in [0.15, 0.2) is 0 Å². The second-order valence-electron chi connectivity index (χ2n) is 5.43. The lowest BCUT2D eigenvalue weighted by atomic mass is 9.97. The molecule has 2 aliphatic rings. The first-order valence-electron chi connectivity index (χ1n) is 7.07. The Bertz CT molecular complexity index is 391. The predicted molar refractivity (Wildman–Crippen MR) is 71.0 cm³/mol. The summed E-state index contributed by atoms with van der Waals surface area (Å²) in [5.74, 6) is -1.02. The van der Waals surface area contributed by atoms with Crippen LogP contribution in [0.5, 0.6) is 0 Å². The number of carboxylic acids is 1. The summed E-state index contributed by atoms with van der Waals surface area (Å²) in [6.07, 6.45) is 2.42. The number of carboxylic acid groups (broad SMARTS) is 1. The van der Waals surface area contributed by atoms with Crippen molar-refractivity contribution in [1.82, 2.24) is 15.5 Å². The lowest BCUT2D eigenvalue weighted by molar-refractivity contribution is -0.145. The van der Waals surface area contributed by atoms with E-state index < -0.39 is 5.97 Å². The summed E-state index contributed by atoms with van der Waals surface area (Å²) in [7, 11) is 0. The molecule has 2 fully saturated rings. The maximum Gasteiger partial charge on any atom is 0.306 e. The Morgan fingerprint density at radius 2 is 2.00 bits per heavy atom. The van der Waals surface area contributed by atoms with Gasteiger partial charge in [0.1, 0.15) is 0 Å². The highest BCUT2D eigenvalue weighted by Crippen LogP contribution is 2.17. The number of hydrogen-bond acceptors (Lipinski definition) is 4. The van der Waals surface area contributed by atoms with Crippen LogP contribution >= 0.6 is 0 Å². The highest BCUT2D eigenvalue weighted by Gasteiger charge is 2.27. The van der Waals surface area contributed by atoms with Crippen LogP contribution in [0.4, 0.5) is 0 Å². The second kappa shape index (κ2) is 6.69. The van der Waals surface area contributed by atoms with Crippen molar-refractivity contribution in [3.8, 4) is 0 Å². The molecule has 2 rings (SSSR count). The molecule has 2 amide bonds. The third-order valence-electron chi connectivity index (χ3n) is 3.95. The highest BCUT2D eigenvalue weighted by molar-refractivity contribution is 5.79. The summed E-state index contributed by atoms with van der Waals surface area (Å²) in [5.41, 5.74) is 0. The zero-order valence-electron chi connectivity index (χ0n) is 11.4. The Kier molecular flexibility index (Phi) is 4.94. The van der Waals surface area contributed by atoms with Gasteiger partial charge in [0.2, 0.25) is 11.8 Å². The lowest BCUT2D eigenvalue weighted by Crippen LogP contribution is -2.45. The number of piperidine rings is 1. The Morgan fingerprint density at radius 1 is 1.30 bits per heavy atom. The van der Waals surface area contributed by atoms with Crippen molar-refractivity contribution in [3.63, 3.8) is 0 Å². The van der Waals surface area contributed by atoms with Gasteiger partial charge in [0.15, 0.2) is 0 Å². The van der Waals surface area contributed by atoms with E-state index in [0.29, 0.717) is 38.9 Å². The molecule has 7 nitrogen and oxygen atoms in total. The molecule has 0 aromatic rings. The Balaban J connectivity index is 1.63. The van der Waals surface area contributed by atoms with Gasteiger partial charge in [0.05, 0.1) is 12.5 Å². The summed E-state index contributed by atoms with van der Waals surface area (Å²) in [4.78, 5) is 35.5. The molecule has 2 heterocycles. The first-order valence-corrected chi connectivity index (χ1v) is 7.07. The van der Waals surface area contributed by atoms with E-state index in [1.54, 1.807) is 4.90 Å². The normalized spacial score (nSPS) is 23.7. The number of rotatable bonds is 5. The van der Waals surface area contributed by atoms with Gasteiger partial charge in [0.25, 0.3) is 0 Å². The van der Waals surface area contributed by atoms with E-state index in [4.69, 9.17) is 5.11 Å². The number of hydrogen-bond donors (Lipinski definition) is 3. The van der Waals surface area contributed by atoms with Gasteiger partial charge in [-0.2, -0.15) is 0 Å². The standard InChI is InChI=1S/C13H21N3O4/c17-11-2-1-10(15-11)7-14-8-12(18)16-5-3-9(4-6-16)13(19)20/h9-10,14H,1-8H2,(H,15,17)(H,19,20). The molecule has 0 aliphatic carbocycles. The first kappa shape index (κ1) is 14.8. The van der Waals surface area contributed by atoms with E-state index in [2.05, 4.69) is 10.6 Å². The third-order valence-corrected chi connectivity index (χ3v) is 3.95. The van der Waals surface area contributed by atoms with Crippen LogP contribution < -0.4 is 10.6 Å². The Hall–Kier alpha value is -1.63. The zero-order valence-corrected chi connectivity index (χ0v) is 11.4. The predicted octanol–water partition coefficient (Wildman–Crippen LogP) is -0.822. The summed E-state index contributed by atoms with van der Waals surface area (Å²) in [5, 5.41) is 14.8. The van der Waals surface area contributed by atoms with Crippen molar-refractivity contribution >= 4 is 17.8 Å². The molecule has 2 saturated heterocycles. The fourth-order valence-electron chi connectivity index (χ4n) is 2.67. The van der Waals surface area contributed by atoms with E-state index in [0.717, 1.165) is 6.42 Å². The molecule has 0 spiro atoms. The second-order valence-corrected chi connectivity index (χ2v) is 5.43. The Morgan fingerprint density at radius 3 is 2.55 bits per heavy atom.